The van der Waals surface area contributed by atoms with E-state index in [9.17, 15) is 9.18 Å². The minimum atomic E-state index is -0.509. The summed E-state index contributed by atoms with van der Waals surface area (Å²) in [7, 11) is 3.38. The second kappa shape index (κ2) is 7.63. The van der Waals surface area contributed by atoms with Crippen molar-refractivity contribution in [3.8, 4) is 22.8 Å². The lowest BCUT2D eigenvalue weighted by Crippen LogP contribution is -2.47. The van der Waals surface area contributed by atoms with Crippen molar-refractivity contribution in [2.75, 3.05) is 27.3 Å². The average Bonchev–Trinajstić information content (AvgIpc) is 3.29. The average molecular weight is 399 g/mol. The second-order valence-electron chi connectivity index (χ2n) is 7.69. The fraction of sp³-hybridized carbons (Fsp3) is 0.455. The molecule has 4 rings (SSSR count). The molecule has 0 radical (unpaired) electrons. The normalized spacial score (nSPS) is 23.8. The minimum Gasteiger partial charge on any atom is -0.494 e. The zero-order chi connectivity index (χ0) is 20.6. The molecule has 2 saturated heterocycles. The van der Waals surface area contributed by atoms with E-state index in [2.05, 4.69) is 10.3 Å². The summed E-state index contributed by atoms with van der Waals surface area (Å²) in [5, 5.41) is 3.51. The molecule has 1 N–H and O–H groups in total. The summed E-state index contributed by atoms with van der Waals surface area (Å²) in [6.45, 7) is 3.15. The molecule has 2 atom stereocenters. The third-order valence-electron chi connectivity index (χ3n) is 5.89. The Labute approximate surface area is 170 Å². The van der Waals surface area contributed by atoms with Gasteiger partial charge in [0.2, 0.25) is 11.8 Å². The summed E-state index contributed by atoms with van der Waals surface area (Å²) in [6.07, 6.45) is 2.35. The van der Waals surface area contributed by atoms with E-state index in [4.69, 9.17) is 9.47 Å². The number of nitrogens with zero attached hydrogens (tertiary/aromatic N) is 2. The summed E-state index contributed by atoms with van der Waals surface area (Å²) in [5.74, 6) is 0.824. The van der Waals surface area contributed by atoms with Gasteiger partial charge in [0.1, 0.15) is 17.1 Å². The van der Waals surface area contributed by atoms with E-state index in [0.717, 1.165) is 31.5 Å². The molecule has 3 heterocycles. The van der Waals surface area contributed by atoms with Crippen LogP contribution in [0.5, 0.6) is 11.6 Å². The highest BCUT2D eigenvalue weighted by Crippen LogP contribution is 2.40. The molecule has 6 nitrogen and oxygen atoms in total. The van der Waals surface area contributed by atoms with Gasteiger partial charge in [-0.2, -0.15) is 0 Å². The summed E-state index contributed by atoms with van der Waals surface area (Å²) >= 11 is 0. The van der Waals surface area contributed by atoms with Crippen LogP contribution in [0.2, 0.25) is 0 Å². The van der Waals surface area contributed by atoms with E-state index in [1.54, 1.807) is 30.2 Å². The van der Waals surface area contributed by atoms with Gasteiger partial charge in [-0.1, -0.05) is 0 Å². The second-order valence-corrected chi connectivity index (χ2v) is 7.69. The number of benzene rings is 1. The Balaban J connectivity index is 1.69. The number of carbonyl (C=O) groups is 1. The van der Waals surface area contributed by atoms with Crippen LogP contribution < -0.4 is 14.8 Å². The van der Waals surface area contributed by atoms with Gasteiger partial charge >= 0.3 is 0 Å². The molecule has 154 valence electrons. The molecule has 7 heteroatoms. The zero-order valence-corrected chi connectivity index (χ0v) is 17.0. The van der Waals surface area contributed by atoms with Gasteiger partial charge < -0.3 is 14.4 Å². The number of likely N-dealkylation sites (N-methyl/N-ethyl adjacent to an activating group) is 1. The number of rotatable bonds is 5. The number of ether oxygens (including phenoxy) is 2. The number of pyridine rings is 1. The first-order valence-corrected chi connectivity index (χ1v) is 9.98. The maximum absolute atomic E-state index is 14.6. The van der Waals surface area contributed by atoms with Crippen molar-refractivity contribution >= 4 is 5.91 Å². The van der Waals surface area contributed by atoms with Crippen molar-refractivity contribution in [3.05, 3.63) is 41.8 Å². The van der Waals surface area contributed by atoms with Crippen LogP contribution in [0.4, 0.5) is 4.39 Å². The van der Waals surface area contributed by atoms with Crippen LogP contribution in [0.1, 0.15) is 37.9 Å². The topological polar surface area (TPSA) is 63.7 Å². The summed E-state index contributed by atoms with van der Waals surface area (Å²) in [4.78, 5) is 19.0. The Morgan fingerprint density at radius 3 is 2.83 bits per heavy atom. The van der Waals surface area contributed by atoms with E-state index in [0.29, 0.717) is 29.4 Å². The van der Waals surface area contributed by atoms with Crippen LogP contribution in [0.3, 0.4) is 0 Å². The minimum absolute atomic E-state index is 0.0857. The number of carbonyl (C=O) groups excluding carboxylic acids is 1. The molecule has 2 fully saturated rings. The molecule has 2 aromatic rings. The van der Waals surface area contributed by atoms with Crippen molar-refractivity contribution in [1.82, 2.24) is 15.2 Å². The zero-order valence-electron chi connectivity index (χ0n) is 17.0. The van der Waals surface area contributed by atoms with Crippen LogP contribution in [0.15, 0.2) is 30.3 Å². The monoisotopic (exact) mass is 399 g/mol. The van der Waals surface area contributed by atoms with E-state index in [1.165, 1.54) is 6.07 Å². The van der Waals surface area contributed by atoms with Crippen LogP contribution in [-0.2, 0) is 4.79 Å². The van der Waals surface area contributed by atoms with E-state index >= 15 is 0 Å². The molecule has 1 aromatic heterocycles. The Morgan fingerprint density at radius 2 is 2.14 bits per heavy atom. The molecule has 0 bridgehead atoms. The van der Waals surface area contributed by atoms with Crippen molar-refractivity contribution in [2.24, 2.45) is 0 Å². The van der Waals surface area contributed by atoms with E-state index in [-0.39, 0.29) is 17.8 Å². The highest BCUT2D eigenvalue weighted by Gasteiger charge is 2.50. The molecule has 1 amide bonds. The molecule has 29 heavy (non-hydrogen) atoms. The Morgan fingerprint density at radius 1 is 1.31 bits per heavy atom. The van der Waals surface area contributed by atoms with Gasteiger partial charge in [0, 0.05) is 25.2 Å². The van der Waals surface area contributed by atoms with Gasteiger partial charge in [0.25, 0.3) is 0 Å². The van der Waals surface area contributed by atoms with Crippen LogP contribution in [-0.4, -0.2) is 48.6 Å². The summed E-state index contributed by atoms with van der Waals surface area (Å²) < 4.78 is 25.5. The third kappa shape index (κ3) is 3.55. The fourth-order valence-electron chi connectivity index (χ4n) is 4.34. The van der Waals surface area contributed by atoms with E-state index in [1.807, 2.05) is 20.0 Å². The molecule has 0 saturated carbocycles. The van der Waals surface area contributed by atoms with Crippen molar-refractivity contribution in [2.45, 2.75) is 37.8 Å². The van der Waals surface area contributed by atoms with Crippen molar-refractivity contribution < 1.29 is 18.7 Å². The van der Waals surface area contributed by atoms with Gasteiger partial charge in [0.05, 0.1) is 25.5 Å². The highest BCUT2D eigenvalue weighted by atomic mass is 19.1. The number of likely N-dealkylation sites (tertiary alicyclic amines) is 1. The van der Waals surface area contributed by atoms with Crippen LogP contribution in [0.25, 0.3) is 11.1 Å². The number of halogens is 1. The molecular weight excluding hydrogens is 373 g/mol. The molecule has 0 unspecified atom stereocenters. The molecule has 2 aliphatic heterocycles. The Bertz CT molecular complexity index is 936. The first-order valence-electron chi connectivity index (χ1n) is 9.98. The summed E-state index contributed by atoms with van der Waals surface area (Å²) in [6, 6.07) is 8.22. The lowest BCUT2D eigenvalue weighted by Gasteiger charge is -2.23. The number of hydrogen-bond donors (Lipinski definition) is 1. The predicted octanol–water partition coefficient (Wildman–Crippen LogP) is 3.32. The number of hydrogen-bond acceptors (Lipinski definition) is 5. The Hall–Kier alpha value is -2.67. The number of amides is 1. The SMILES string of the molecule is CCOc1ccc(F)c(-c2cc(OC)nc([C@H]3CC[C@@]4(CCN(C)C4=O)N3)c2)c1. The lowest BCUT2D eigenvalue weighted by atomic mass is 9.96. The molecule has 1 spiro atoms. The molecule has 2 aliphatic rings. The van der Waals surface area contributed by atoms with Gasteiger partial charge in [-0.3, -0.25) is 10.1 Å². The Kier molecular flexibility index (Phi) is 5.17. The first kappa shape index (κ1) is 19.6. The third-order valence-corrected chi connectivity index (χ3v) is 5.89. The van der Waals surface area contributed by atoms with E-state index < -0.39 is 5.54 Å². The largest absolute Gasteiger partial charge is 0.494 e. The highest BCUT2D eigenvalue weighted by molar-refractivity contribution is 5.88. The quantitative estimate of drug-likeness (QED) is 0.836. The maximum atomic E-state index is 14.6. The van der Waals surface area contributed by atoms with Crippen LogP contribution >= 0.6 is 0 Å². The van der Waals surface area contributed by atoms with Crippen molar-refractivity contribution in [3.63, 3.8) is 0 Å². The summed E-state index contributed by atoms with van der Waals surface area (Å²) in [5.41, 5.74) is 1.34. The van der Waals surface area contributed by atoms with Gasteiger partial charge in [-0.25, -0.2) is 9.37 Å². The lowest BCUT2D eigenvalue weighted by molar-refractivity contribution is -0.131. The molecule has 1 aromatic carbocycles. The van der Waals surface area contributed by atoms with Gasteiger partial charge in [-0.15, -0.1) is 0 Å². The maximum Gasteiger partial charge on any atom is 0.242 e. The number of nitrogens with one attached hydrogen (secondary N) is 1. The first-order chi connectivity index (χ1) is 14.0. The standard InChI is InChI=1S/C22H26FN3O3/c1-4-29-15-5-6-17(23)16(13-15)14-11-19(24-20(12-14)28-3)18-7-8-22(25-18)9-10-26(2)21(22)27/h5-6,11-13,18,25H,4,7-10H2,1-3H3/t18-,22+/m1/s1. The van der Waals surface area contributed by atoms with Crippen LogP contribution in [0, 0.1) is 5.82 Å². The van der Waals surface area contributed by atoms with Gasteiger partial charge in [0.15, 0.2) is 0 Å². The smallest absolute Gasteiger partial charge is 0.242 e. The number of aromatic nitrogens is 1. The fourth-order valence-corrected chi connectivity index (χ4v) is 4.34. The van der Waals surface area contributed by atoms with Gasteiger partial charge in [-0.05, 0) is 56.0 Å². The predicted molar refractivity (Wildman–Crippen MR) is 107 cm³/mol. The number of methoxy groups -OCH3 is 1. The molecular formula is C22H26FN3O3. The molecule has 0 aliphatic carbocycles. The van der Waals surface area contributed by atoms with Crippen molar-refractivity contribution in [1.29, 1.82) is 0 Å².